The Morgan fingerprint density at radius 3 is 2.48 bits per heavy atom. The van der Waals surface area contributed by atoms with Crippen LogP contribution in [-0.2, 0) is 16.1 Å². The van der Waals surface area contributed by atoms with Crippen LogP contribution in [0.5, 0.6) is 0 Å². The molecule has 0 spiro atoms. The molecule has 3 amide bonds. The van der Waals surface area contributed by atoms with Gasteiger partial charge in [0.05, 0.1) is 12.1 Å². The number of H-pyrrole nitrogens is 1. The third kappa shape index (κ3) is 5.25. The fourth-order valence-electron chi connectivity index (χ4n) is 3.17. The van der Waals surface area contributed by atoms with Crippen LogP contribution in [0.1, 0.15) is 23.0 Å². The van der Waals surface area contributed by atoms with Crippen molar-refractivity contribution in [1.82, 2.24) is 20.5 Å². The highest BCUT2D eigenvalue weighted by Gasteiger charge is 2.36. The van der Waals surface area contributed by atoms with Gasteiger partial charge in [0.1, 0.15) is 11.8 Å². The standard InChI is InChI=1S/C21H24N4O4/c1-14(26)29-18-11-10-16(23-20(27)17-9-6-12-22-17)19(18)24-21(28)25(2)13-15-7-4-3-5-8-15/h3-12,16,18-19,22H,13H2,1-2H3,(H,23,27)(H,24,28)/t16-,18-,19+/m1/s1. The van der Waals surface area contributed by atoms with Gasteiger partial charge >= 0.3 is 12.0 Å². The third-order valence-electron chi connectivity index (χ3n) is 4.59. The first-order valence-electron chi connectivity index (χ1n) is 9.29. The van der Waals surface area contributed by atoms with Gasteiger partial charge in [-0.3, -0.25) is 9.59 Å². The van der Waals surface area contributed by atoms with Crippen LogP contribution in [0, 0.1) is 0 Å². The summed E-state index contributed by atoms with van der Waals surface area (Å²) in [6.45, 7) is 1.73. The second-order valence-corrected chi connectivity index (χ2v) is 6.86. The number of nitrogens with zero attached hydrogens (tertiary/aromatic N) is 1. The molecule has 1 heterocycles. The lowest BCUT2D eigenvalue weighted by Crippen LogP contribution is -2.56. The van der Waals surface area contributed by atoms with Crippen molar-refractivity contribution >= 4 is 17.9 Å². The normalized spacial score (nSPS) is 20.1. The fraction of sp³-hybridized carbons (Fsp3) is 0.286. The molecule has 3 atom stereocenters. The predicted octanol–water partition coefficient (Wildman–Crippen LogP) is 1.82. The molecule has 1 aromatic carbocycles. The van der Waals surface area contributed by atoms with E-state index in [4.69, 9.17) is 4.74 Å². The van der Waals surface area contributed by atoms with Gasteiger partial charge in [0, 0.05) is 26.7 Å². The summed E-state index contributed by atoms with van der Waals surface area (Å²) in [6, 6.07) is 11.5. The van der Waals surface area contributed by atoms with Gasteiger partial charge in [-0.05, 0) is 23.8 Å². The zero-order chi connectivity index (χ0) is 20.8. The molecular weight excluding hydrogens is 372 g/mol. The molecule has 3 N–H and O–H groups in total. The number of benzene rings is 1. The molecule has 1 aliphatic rings. The minimum absolute atomic E-state index is 0.315. The zero-order valence-corrected chi connectivity index (χ0v) is 16.3. The Bertz CT molecular complexity index is 879. The molecule has 152 valence electrons. The number of ether oxygens (including phenoxy) is 1. The molecule has 8 heteroatoms. The fourth-order valence-corrected chi connectivity index (χ4v) is 3.17. The first-order valence-corrected chi connectivity index (χ1v) is 9.29. The SMILES string of the molecule is CC(=O)O[C@@H]1C=C[C@@H](NC(=O)c2ccc[nH]2)[C@@H]1NC(=O)N(C)Cc1ccccc1. The van der Waals surface area contributed by atoms with Crippen molar-refractivity contribution < 1.29 is 19.1 Å². The number of hydrogen-bond donors (Lipinski definition) is 3. The van der Waals surface area contributed by atoms with E-state index in [0.29, 0.717) is 12.2 Å². The van der Waals surface area contributed by atoms with Crippen molar-refractivity contribution in [3.8, 4) is 0 Å². The molecule has 2 aromatic rings. The number of aromatic amines is 1. The van der Waals surface area contributed by atoms with Gasteiger partial charge in [-0.1, -0.05) is 36.4 Å². The molecule has 0 radical (unpaired) electrons. The Morgan fingerprint density at radius 2 is 1.83 bits per heavy atom. The van der Waals surface area contributed by atoms with E-state index in [9.17, 15) is 14.4 Å². The van der Waals surface area contributed by atoms with Crippen molar-refractivity contribution in [3.63, 3.8) is 0 Å². The third-order valence-corrected chi connectivity index (χ3v) is 4.59. The topological polar surface area (TPSA) is 104 Å². The number of hydrogen-bond acceptors (Lipinski definition) is 4. The number of carbonyl (C=O) groups excluding carboxylic acids is 3. The Labute approximate surface area is 168 Å². The van der Waals surface area contributed by atoms with Crippen LogP contribution >= 0.6 is 0 Å². The lowest BCUT2D eigenvalue weighted by Gasteiger charge is -2.29. The lowest BCUT2D eigenvalue weighted by molar-refractivity contribution is -0.145. The van der Waals surface area contributed by atoms with Crippen LogP contribution in [0.25, 0.3) is 0 Å². The van der Waals surface area contributed by atoms with Crippen molar-refractivity contribution in [3.05, 3.63) is 72.1 Å². The van der Waals surface area contributed by atoms with E-state index in [-0.39, 0.29) is 11.9 Å². The first-order chi connectivity index (χ1) is 13.9. The number of carbonyl (C=O) groups is 3. The molecule has 29 heavy (non-hydrogen) atoms. The van der Waals surface area contributed by atoms with Gasteiger partial charge in [-0.15, -0.1) is 0 Å². The van der Waals surface area contributed by atoms with Gasteiger partial charge in [0.2, 0.25) is 0 Å². The highest BCUT2D eigenvalue weighted by atomic mass is 16.5. The summed E-state index contributed by atoms with van der Waals surface area (Å²) in [5, 5.41) is 5.72. The van der Waals surface area contributed by atoms with Gasteiger partial charge in [0.25, 0.3) is 5.91 Å². The van der Waals surface area contributed by atoms with Crippen LogP contribution in [-0.4, -0.2) is 53.0 Å². The molecule has 0 saturated heterocycles. The maximum Gasteiger partial charge on any atom is 0.317 e. The Hall–Kier alpha value is -3.55. The minimum atomic E-state index is -0.671. The molecule has 0 saturated carbocycles. The van der Waals surface area contributed by atoms with Crippen molar-refractivity contribution in [1.29, 1.82) is 0 Å². The minimum Gasteiger partial charge on any atom is -0.456 e. The maximum atomic E-state index is 12.7. The predicted molar refractivity (Wildman–Crippen MR) is 107 cm³/mol. The summed E-state index contributed by atoms with van der Waals surface area (Å²) in [4.78, 5) is 40.9. The van der Waals surface area contributed by atoms with Gasteiger partial charge in [-0.2, -0.15) is 0 Å². The summed E-state index contributed by atoms with van der Waals surface area (Å²) < 4.78 is 5.31. The van der Waals surface area contributed by atoms with Crippen molar-refractivity contribution in [2.45, 2.75) is 31.7 Å². The molecule has 0 unspecified atom stereocenters. The Kier molecular flexibility index (Phi) is 6.33. The van der Waals surface area contributed by atoms with Gasteiger partial charge < -0.3 is 25.3 Å². The number of amides is 3. The summed E-state index contributed by atoms with van der Waals surface area (Å²) in [5.41, 5.74) is 1.39. The summed E-state index contributed by atoms with van der Waals surface area (Å²) in [5.74, 6) is -0.780. The highest BCUT2D eigenvalue weighted by Crippen LogP contribution is 2.17. The summed E-state index contributed by atoms with van der Waals surface area (Å²) in [6.07, 6.45) is 4.37. The monoisotopic (exact) mass is 396 g/mol. The second kappa shape index (κ2) is 9.09. The van der Waals surface area contributed by atoms with Crippen LogP contribution in [0.3, 0.4) is 0 Å². The molecule has 0 fully saturated rings. The molecule has 3 rings (SSSR count). The van der Waals surface area contributed by atoms with E-state index in [1.165, 1.54) is 11.8 Å². The number of urea groups is 1. The Balaban J connectivity index is 1.67. The highest BCUT2D eigenvalue weighted by molar-refractivity contribution is 5.92. The molecule has 1 aromatic heterocycles. The van der Waals surface area contributed by atoms with E-state index in [2.05, 4.69) is 15.6 Å². The van der Waals surface area contributed by atoms with E-state index in [0.717, 1.165) is 5.56 Å². The first kappa shape index (κ1) is 20.2. The van der Waals surface area contributed by atoms with E-state index in [1.54, 1.807) is 37.5 Å². The van der Waals surface area contributed by atoms with Crippen molar-refractivity contribution in [2.24, 2.45) is 0 Å². The smallest absolute Gasteiger partial charge is 0.317 e. The van der Waals surface area contributed by atoms with Crippen LogP contribution in [0.2, 0.25) is 0 Å². The van der Waals surface area contributed by atoms with E-state index in [1.807, 2.05) is 30.3 Å². The van der Waals surface area contributed by atoms with Gasteiger partial charge in [0.15, 0.2) is 0 Å². The number of rotatable bonds is 6. The molecular formula is C21H24N4O4. The van der Waals surface area contributed by atoms with Crippen LogP contribution in [0.4, 0.5) is 4.79 Å². The molecule has 1 aliphatic carbocycles. The molecule has 8 nitrogen and oxygen atoms in total. The molecule has 0 bridgehead atoms. The number of esters is 1. The number of aromatic nitrogens is 1. The van der Waals surface area contributed by atoms with E-state index < -0.39 is 24.2 Å². The van der Waals surface area contributed by atoms with Crippen molar-refractivity contribution in [2.75, 3.05) is 7.05 Å². The van der Waals surface area contributed by atoms with E-state index >= 15 is 0 Å². The second-order valence-electron chi connectivity index (χ2n) is 6.86. The van der Waals surface area contributed by atoms with Crippen LogP contribution in [0.15, 0.2) is 60.8 Å². The average molecular weight is 396 g/mol. The maximum absolute atomic E-state index is 12.7. The summed E-state index contributed by atoms with van der Waals surface area (Å²) >= 11 is 0. The lowest BCUT2D eigenvalue weighted by atomic mass is 10.1. The van der Waals surface area contributed by atoms with Crippen LogP contribution < -0.4 is 10.6 Å². The van der Waals surface area contributed by atoms with Gasteiger partial charge in [-0.25, -0.2) is 4.79 Å². The Morgan fingerprint density at radius 1 is 1.07 bits per heavy atom. The molecule has 0 aliphatic heterocycles. The quantitative estimate of drug-likeness (QED) is 0.512. The summed E-state index contributed by atoms with van der Waals surface area (Å²) in [7, 11) is 1.68. The largest absolute Gasteiger partial charge is 0.456 e. The zero-order valence-electron chi connectivity index (χ0n) is 16.3. The average Bonchev–Trinajstić information content (AvgIpc) is 3.34. The number of nitrogens with one attached hydrogen (secondary N) is 3.